The van der Waals surface area contributed by atoms with Gasteiger partial charge in [-0.05, 0) is 56.4 Å². The van der Waals surface area contributed by atoms with Crippen LogP contribution in [0.3, 0.4) is 0 Å². The molecular weight excluding hydrogens is 230 g/mol. The third-order valence-electron chi connectivity index (χ3n) is 3.52. The number of hydrogen-bond donors (Lipinski definition) is 0. The van der Waals surface area contributed by atoms with Crippen LogP contribution >= 0.6 is 0 Å². The molecule has 0 aliphatic heterocycles. The molecule has 0 amide bonds. The molecule has 2 rings (SSSR count). The van der Waals surface area contributed by atoms with Crippen molar-refractivity contribution < 1.29 is 0 Å². The van der Waals surface area contributed by atoms with E-state index in [0.717, 1.165) is 25.7 Å². The molecule has 0 saturated heterocycles. The van der Waals surface area contributed by atoms with Crippen molar-refractivity contribution in [2.45, 2.75) is 46.5 Å². The molecule has 19 heavy (non-hydrogen) atoms. The van der Waals surface area contributed by atoms with E-state index in [1.807, 2.05) is 0 Å². The Balaban J connectivity index is 2.03. The predicted molar refractivity (Wildman–Crippen MR) is 81.6 cm³/mol. The molecule has 0 N–H and O–H groups in total. The standard InChI is InChI=1S/C18H23N/c1-4-6-17-7-5-8-18(19-17)12-11-16-10-9-14(2)13-15(16)3/h5,7-10,13H,4,6,11-12H2,1-3H3. The van der Waals surface area contributed by atoms with E-state index < -0.39 is 0 Å². The summed E-state index contributed by atoms with van der Waals surface area (Å²) in [4.78, 5) is 4.72. The van der Waals surface area contributed by atoms with Crippen molar-refractivity contribution in [3.8, 4) is 0 Å². The lowest BCUT2D eigenvalue weighted by Crippen LogP contribution is -1.99. The van der Waals surface area contributed by atoms with Gasteiger partial charge in [0.05, 0.1) is 0 Å². The zero-order valence-electron chi connectivity index (χ0n) is 12.2. The van der Waals surface area contributed by atoms with Crippen LogP contribution in [0.5, 0.6) is 0 Å². The van der Waals surface area contributed by atoms with E-state index in [1.165, 1.54) is 28.1 Å². The summed E-state index contributed by atoms with van der Waals surface area (Å²) in [6.45, 7) is 6.54. The SMILES string of the molecule is CCCc1cccc(CCc2ccc(C)cc2C)n1. The van der Waals surface area contributed by atoms with Gasteiger partial charge in [0, 0.05) is 11.4 Å². The third-order valence-corrected chi connectivity index (χ3v) is 3.52. The highest BCUT2D eigenvalue weighted by molar-refractivity contribution is 5.31. The highest BCUT2D eigenvalue weighted by atomic mass is 14.7. The maximum atomic E-state index is 4.72. The maximum absolute atomic E-state index is 4.72. The molecule has 1 aromatic carbocycles. The molecule has 0 unspecified atom stereocenters. The number of aryl methyl sites for hydroxylation is 5. The first-order valence-corrected chi connectivity index (χ1v) is 7.20. The smallest absolute Gasteiger partial charge is 0.0410 e. The summed E-state index contributed by atoms with van der Waals surface area (Å²) in [6.07, 6.45) is 4.35. The predicted octanol–water partition coefficient (Wildman–Crippen LogP) is 4.44. The van der Waals surface area contributed by atoms with Gasteiger partial charge in [0.15, 0.2) is 0 Å². The van der Waals surface area contributed by atoms with E-state index in [0.29, 0.717) is 0 Å². The number of aromatic nitrogens is 1. The van der Waals surface area contributed by atoms with Gasteiger partial charge in [0.2, 0.25) is 0 Å². The minimum Gasteiger partial charge on any atom is -0.258 e. The molecule has 0 bridgehead atoms. The third kappa shape index (κ3) is 3.92. The maximum Gasteiger partial charge on any atom is 0.0410 e. The van der Waals surface area contributed by atoms with E-state index in [-0.39, 0.29) is 0 Å². The number of hydrogen-bond acceptors (Lipinski definition) is 1. The fourth-order valence-electron chi connectivity index (χ4n) is 2.45. The summed E-state index contributed by atoms with van der Waals surface area (Å²) < 4.78 is 0. The van der Waals surface area contributed by atoms with Gasteiger partial charge < -0.3 is 0 Å². The van der Waals surface area contributed by atoms with Crippen molar-refractivity contribution >= 4 is 0 Å². The first-order valence-electron chi connectivity index (χ1n) is 7.20. The van der Waals surface area contributed by atoms with Crippen LogP contribution in [-0.2, 0) is 19.3 Å². The average molecular weight is 253 g/mol. The van der Waals surface area contributed by atoms with Crippen LogP contribution in [-0.4, -0.2) is 4.98 Å². The Morgan fingerprint density at radius 2 is 1.63 bits per heavy atom. The topological polar surface area (TPSA) is 12.9 Å². The van der Waals surface area contributed by atoms with Crippen LogP contribution in [0.15, 0.2) is 36.4 Å². The van der Waals surface area contributed by atoms with Crippen LogP contribution in [0.2, 0.25) is 0 Å². The number of rotatable bonds is 5. The van der Waals surface area contributed by atoms with Crippen molar-refractivity contribution in [1.82, 2.24) is 4.98 Å². The van der Waals surface area contributed by atoms with Crippen molar-refractivity contribution in [3.63, 3.8) is 0 Å². The molecule has 1 heterocycles. The molecule has 0 radical (unpaired) electrons. The highest BCUT2D eigenvalue weighted by Crippen LogP contribution is 2.13. The summed E-state index contributed by atoms with van der Waals surface area (Å²) >= 11 is 0. The molecule has 1 nitrogen and oxygen atoms in total. The quantitative estimate of drug-likeness (QED) is 0.768. The van der Waals surface area contributed by atoms with Gasteiger partial charge in [-0.2, -0.15) is 0 Å². The molecule has 0 saturated carbocycles. The summed E-state index contributed by atoms with van der Waals surface area (Å²) in [5, 5.41) is 0. The Morgan fingerprint density at radius 1 is 0.895 bits per heavy atom. The molecule has 0 fully saturated rings. The lowest BCUT2D eigenvalue weighted by Gasteiger charge is -2.07. The normalized spacial score (nSPS) is 10.7. The van der Waals surface area contributed by atoms with Gasteiger partial charge in [-0.25, -0.2) is 0 Å². The van der Waals surface area contributed by atoms with E-state index in [9.17, 15) is 0 Å². The number of benzene rings is 1. The van der Waals surface area contributed by atoms with Crippen LogP contribution in [0.4, 0.5) is 0 Å². The van der Waals surface area contributed by atoms with Crippen LogP contribution < -0.4 is 0 Å². The van der Waals surface area contributed by atoms with E-state index >= 15 is 0 Å². The second-order valence-electron chi connectivity index (χ2n) is 5.30. The molecule has 2 aromatic rings. The fourth-order valence-corrected chi connectivity index (χ4v) is 2.45. The Hall–Kier alpha value is -1.63. The number of pyridine rings is 1. The first-order chi connectivity index (χ1) is 9.19. The van der Waals surface area contributed by atoms with Gasteiger partial charge in [0.1, 0.15) is 0 Å². The van der Waals surface area contributed by atoms with Crippen molar-refractivity contribution in [2.24, 2.45) is 0 Å². The van der Waals surface area contributed by atoms with Crippen molar-refractivity contribution in [3.05, 3.63) is 64.5 Å². The van der Waals surface area contributed by atoms with Crippen LogP contribution in [0, 0.1) is 13.8 Å². The van der Waals surface area contributed by atoms with Gasteiger partial charge >= 0.3 is 0 Å². The molecule has 1 heteroatoms. The van der Waals surface area contributed by atoms with E-state index in [4.69, 9.17) is 4.98 Å². The van der Waals surface area contributed by atoms with Crippen molar-refractivity contribution in [2.75, 3.05) is 0 Å². The Morgan fingerprint density at radius 3 is 2.32 bits per heavy atom. The summed E-state index contributed by atoms with van der Waals surface area (Å²) in [5.74, 6) is 0. The van der Waals surface area contributed by atoms with Gasteiger partial charge in [0.25, 0.3) is 0 Å². The fraction of sp³-hybridized carbons (Fsp3) is 0.389. The van der Waals surface area contributed by atoms with Gasteiger partial charge in [-0.1, -0.05) is 43.2 Å². The molecule has 0 aliphatic rings. The minimum absolute atomic E-state index is 1.03. The first kappa shape index (κ1) is 13.8. The van der Waals surface area contributed by atoms with Crippen molar-refractivity contribution in [1.29, 1.82) is 0 Å². The molecule has 0 aliphatic carbocycles. The minimum atomic E-state index is 1.03. The molecular formula is C18H23N. The largest absolute Gasteiger partial charge is 0.258 e. The van der Waals surface area contributed by atoms with Gasteiger partial charge in [-0.15, -0.1) is 0 Å². The summed E-state index contributed by atoms with van der Waals surface area (Å²) in [5.41, 5.74) is 6.61. The molecule has 1 aromatic heterocycles. The van der Waals surface area contributed by atoms with Gasteiger partial charge in [-0.3, -0.25) is 4.98 Å². The monoisotopic (exact) mass is 253 g/mol. The molecule has 100 valence electrons. The Bertz CT molecular complexity index is 543. The number of nitrogens with zero attached hydrogens (tertiary/aromatic N) is 1. The summed E-state index contributed by atoms with van der Waals surface area (Å²) in [7, 11) is 0. The molecule has 0 atom stereocenters. The van der Waals surface area contributed by atoms with E-state index in [1.54, 1.807) is 0 Å². The zero-order chi connectivity index (χ0) is 13.7. The average Bonchev–Trinajstić information content (AvgIpc) is 2.38. The second kappa shape index (κ2) is 6.51. The van der Waals surface area contributed by atoms with Crippen LogP contribution in [0.25, 0.3) is 0 Å². The van der Waals surface area contributed by atoms with Crippen LogP contribution in [0.1, 0.15) is 41.4 Å². The second-order valence-corrected chi connectivity index (χ2v) is 5.30. The Labute approximate surface area is 116 Å². The summed E-state index contributed by atoms with van der Waals surface area (Å²) in [6, 6.07) is 13.1. The lowest BCUT2D eigenvalue weighted by molar-refractivity contribution is 0.840. The Kier molecular flexibility index (Phi) is 4.73. The zero-order valence-corrected chi connectivity index (χ0v) is 12.2. The highest BCUT2D eigenvalue weighted by Gasteiger charge is 2.02. The molecule has 0 spiro atoms. The van der Waals surface area contributed by atoms with E-state index in [2.05, 4.69) is 57.2 Å². The lowest BCUT2D eigenvalue weighted by atomic mass is 10.0.